The van der Waals surface area contributed by atoms with Crippen LogP contribution in [0.25, 0.3) is 11.1 Å². The van der Waals surface area contributed by atoms with E-state index in [0.717, 1.165) is 12.0 Å². The van der Waals surface area contributed by atoms with Crippen molar-refractivity contribution >= 4 is 0 Å². The summed E-state index contributed by atoms with van der Waals surface area (Å²) in [4.78, 5) is 0. The van der Waals surface area contributed by atoms with Gasteiger partial charge in [0.05, 0.1) is 12.5 Å². The highest BCUT2D eigenvalue weighted by Gasteiger charge is 2.02. The first-order chi connectivity index (χ1) is 6.42. The van der Waals surface area contributed by atoms with Crippen LogP contribution < -0.4 is 0 Å². The van der Waals surface area contributed by atoms with Gasteiger partial charge in [-0.25, -0.2) is 0 Å². The van der Waals surface area contributed by atoms with Crippen LogP contribution in [0.3, 0.4) is 0 Å². The Morgan fingerprint density at radius 1 is 1.15 bits per heavy atom. The van der Waals surface area contributed by atoms with E-state index in [1.54, 1.807) is 12.5 Å². The average molecular weight is 172 g/mol. The van der Waals surface area contributed by atoms with Gasteiger partial charge >= 0.3 is 0 Å². The second kappa shape index (κ2) is 3.48. The molecule has 0 unspecified atom stereocenters. The van der Waals surface area contributed by atoms with Gasteiger partial charge in [0.2, 0.25) is 0 Å². The number of benzene rings is 1. The van der Waals surface area contributed by atoms with E-state index in [1.165, 1.54) is 11.1 Å². The molecular formula is C12H12O. The van der Waals surface area contributed by atoms with E-state index in [2.05, 4.69) is 31.2 Å². The van der Waals surface area contributed by atoms with Gasteiger partial charge in [-0.3, -0.25) is 0 Å². The highest BCUT2D eigenvalue weighted by Crippen LogP contribution is 2.23. The molecule has 1 aromatic heterocycles. The van der Waals surface area contributed by atoms with E-state index >= 15 is 0 Å². The molecule has 0 aliphatic carbocycles. The minimum absolute atomic E-state index is 1.06. The van der Waals surface area contributed by atoms with Crippen LogP contribution in [-0.2, 0) is 6.42 Å². The number of furan rings is 1. The highest BCUT2D eigenvalue weighted by molar-refractivity contribution is 5.66. The van der Waals surface area contributed by atoms with Gasteiger partial charge in [-0.05, 0) is 23.6 Å². The Labute approximate surface area is 78.0 Å². The predicted molar refractivity (Wildman–Crippen MR) is 53.5 cm³/mol. The third-order valence-electron chi connectivity index (χ3n) is 2.23. The first kappa shape index (κ1) is 8.11. The smallest absolute Gasteiger partial charge is 0.0981 e. The van der Waals surface area contributed by atoms with E-state index in [-0.39, 0.29) is 0 Å². The summed E-state index contributed by atoms with van der Waals surface area (Å²) in [6.07, 6.45) is 4.55. The zero-order valence-electron chi connectivity index (χ0n) is 7.66. The van der Waals surface area contributed by atoms with Crippen molar-refractivity contribution in [3.63, 3.8) is 0 Å². The molecule has 13 heavy (non-hydrogen) atoms. The number of hydrogen-bond acceptors (Lipinski definition) is 1. The van der Waals surface area contributed by atoms with Crippen molar-refractivity contribution in [2.24, 2.45) is 0 Å². The lowest BCUT2D eigenvalue weighted by Gasteiger charge is -2.03. The summed E-state index contributed by atoms with van der Waals surface area (Å²) in [5.41, 5.74) is 3.81. The molecule has 2 rings (SSSR count). The zero-order valence-corrected chi connectivity index (χ0v) is 7.66. The molecule has 0 aliphatic heterocycles. The Morgan fingerprint density at radius 2 is 2.00 bits per heavy atom. The fourth-order valence-corrected chi connectivity index (χ4v) is 1.53. The average Bonchev–Trinajstić information content (AvgIpc) is 2.70. The summed E-state index contributed by atoms with van der Waals surface area (Å²) < 4.78 is 5.07. The molecule has 0 aliphatic rings. The van der Waals surface area contributed by atoms with E-state index in [9.17, 15) is 0 Å². The molecule has 0 N–H and O–H groups in total. The molecule has 66 valence electrons. The van der Waals surface area contributed by atoms with Gasteiger partial charge in [-0.1, -0.05) is 31.2 Å². The zero-order chi connectivity index (χ0) is 9.10. The van der Waals surface area contributed by atoms with Crippen molar-refractivity contribution in [2.45, 2.75) is 13.3 Å². The Morgan fingerprint density at radius 3 is 2.69 bits per heavy atom. The van der Waals surface area contributed by atoms with Crippen LogP contribution in [0.4, 0.5) is 0 Å². The van der Waals surface area contributed by atoms with Crippen molar-refractivity contribution in [3.05, 3.63) is 48.4 Å². The van der Waals surface area contributed by atoms with E-state index in [0.29, 0.717) is 0 Å². The van der Waals surface area contributed by atoms with Crippen LogP contribution in [0, 0.1) is 0 Å². The van der Waals surface area contributed by atoms with Gasteiger partial charge in [0.1, 0.15) is 0 Å². The maximum Gasteiger partial charge on any atom is 0.0981 e. The van der Waals surface area contributed by atoms with Crippen LogP contribution >= 0.6 is 0 Å². The van der Waals surface area contributed by atoms with Crippen molar-refractivity contribution in [2.75, 3.05) is 0 Å². The lowest BCUT2D eigenvalue weighted by atomic mass is 10.0. The quantitative estimate of drug-likeness (QED) is 0.675. The molecule has 2 aromatic rings. The monoisotopic (exact) mass is 172 g/mol. The van der Waals surface area contributed by atoms with Crippen LogP contribution in [0.1, 0.15) is 12.5 Å². The number of rotatable bonds is 2. The van der Waals surface area contributed by atoms with Crippen LogP contribution in [-0.4, -0.2) is 0 Å². The van der Waals surface area contributed by atoms with Gasteiger partial charge in [0, 0.05) is 5.56 Å². The first-order valence-corrected chi connectivity index (χ1v) is 4.52. The summed E-state index contributed by atoms with van der Waals surface area (Å²) in [6, 6.07) is 10.4. The predicted octanol–water partition coefficient (Wildman–Crippen LogP) is 3.51. The van der Waals surface area contributed by atoms with Gasteiger partial charge in [-0.15, -0.1) is 0 Å². The lowest BCUT2D eigenvalue weighted by Crippen LogP contribution is -1.84. The molecule has 1 heteroatoms. The third kappa shape index (κ3) is 1.50. The molecule has 0 bridgehead atoms. The largest absolute Gasteiger partial charge is 0.472 e. The molecule has 0 radical (unpaired) electrons. The van der Waals surface area contributed by atoms with E-state index < -0.39 is 0 Å². The molecule has 0 saturated carbocycles. The molecular weight excluding hydrogens is 160 g/mol. The molecule has 0 amide bonds. The first-order valence-electron chi connectivity index (χ1n) is 4.52. The summed E-state index contributed by atoms with van der Waals surface area (Å²) in [5, 5.41) is 0. The van der Waals surface area contributed by atoms with E-state index in [4.69, 9.17) is 4.42 Å². The standard InChI is InChI=1S/C12H12O/c1-2-10-5-3-4-6-12(10)11-7-8-13-9-11/h3-9H,2H2,1H3. The van der Waals surface area contributed by atoms with Gasteiger partial charge < -0.3 is 4.42 Å². The summed E-state index contributed by atoms with van der Waals surface area (Å²) >= 11 is 0. The Kier molecular flexibility index (Phi) is 2.17. The number of aryl methyl sites for hydroxylation is 1. The normalized spacial score (nSPS) is 10.2. The molecule has 1 heterocycles. The molecule has 1 aromatic carbocycles. The molecule has 0 spiro atoms. The maximum absolute atomic E-state index is 5.07. The molecule has 0 saturated heterocycles. The molecule has 0 atom stereocenters. The molecule has 1 nitrogen and oxygen atoms in total. The lowest BCUT2D eigenvalue weighted by molar-refractivity contribution is 0.568. The second-order valence-corrected chi connectivity index (χ2v) is 3.02. The number of hydrogen-bond donors (Lipinski definition) is 0. The van der Waals surface area contributed by atoms with Crippen LogP contribution in [0.2, 0.25) is 0 Å². The van der Waals surface area contributed by atoms with Crippen molar-refractivity contribution < 1.29 is 4.42 Å². The fourth-order valence-electron chi connectivity index (χ4n) is 1.53. The topological polar surface area (TPSA) is 13.1 Å². The van der Waals surface area contributed by atoms with E-state index in [1.807, 2.05) is 6.07 Å². The second-order valence-electron chi connectivity index (χ2n) is 3.02. The summed E-state index contributed by atoms with van der Waals surface area (Å²) in [7, 11) is 0. The Hall–Kier alpha value is -1.50. The van der Waals surface area contributed by atoms with Crippen LogP contribution in [0.15, 0.2) is 47.3 Å². The Bertz CT molecular complexity index is 374. The van der Waals surface area contributed by atoms with Crippen molar-refractivity contribution in [3.8, 4) is 11.1 Å². The summed E-state index contributed by atoms with van der Waals surface area (Å²) in [5.74, 6) is 0. The minimum Gasteiger partial charge on any atom is -0.472 e. The summed E-state index contributed by atoms with van der Waals surface area (Å²) in [6.45, 7) is 2.17. The van der Waals surface area contributed by atoms with Gasteiger partial charge in [-0.2, -0.15) is 0 Å². The van der Waals surface area contributed by atoms with Gasteiger partial charge in [0.15, 0.2) is 0 Å². The highest BCUT2D eigenvalue weighted by atomic mass is 16.3. The van der Waals surface area contributed by atoms with Crippen molar-refractivity contribution in [1.29, 1.82) is 0 Å². The van der Waals surface area contributed by atoms with Gasteiger partial charge in [0.25, 0.3) is 0 Å². The van der Waals surface area contributed by atoms with Crippen molar-refractivity contribution in [1.82, 2.24) is 0 Å². The Balaban J connectivity index is 2.51. The molecule has 0 fully saturated rings. The fraction of sp³-hybridized carbons (Fsp3) is 0.167. The maximum atomic E-state index is 5.07. The third-order valence-corrected chi connectivity index (χ3v) is 2.23. The minimum atomic E-state index is 1.06. The SMILES string of the molecule is CCc1ccccc1-c1ccoc1. The van der Waals surface area contributed by atoms with Crippen LogP contribution in [0.5, 0.6) is 0 Å².